The lowest BCUT2D eigenvalue weighted by Crippen LogP contribution is -2.46. The van der Waals surface area contributed by atoms with Crippen molar-refractivity contribution < 1.29 is 4.42 Å². The van der Waals surface area contributed by atoms with Gasteiger partial charge in [-0.05, 0) is 41.4 Å². The lowest BCUT2D eigenvalue weighted by molar-refractivity contribution is 0.0934. The smallest absolute Gasteiger partial charge is 0.203 e. The molecule has 110 valence electrons. The van der Waals surface area contributed by atoms with E-state index in [1.165, 1.54) is 5.56 Å². The van der Waals surface area contributed by atoms with Crippen LogP contribution in [-0.2, 0) is 6.54 Å². The van der Waals surface area contributed by atoms with E-state index in [0.29, 0.717) is 11.8 Å². The van der Waals surface area contributed by atoms with E-state index in [9.17, 15) is 0 Å². The highest BCUT2D eigenvalue weighted by Crippen LogP contribution is 2.24. The van der Waals surface area contributed by atoms with Gasteiger partial charge in [-0.15, -0.1) is 0 Å². The summed E-state index contributed by atoms with van der Waals surface area (Å²) in [7, 11) is 0. The summed E-state index contributed by atoms with van der Waals surface area (Å²) in [6.07, 6.45) is 0. The van der Waals surface area contributed by atoms with E-state index in [-0.39, 0.29) is 0 Å². The van der Waals surface area contributed by atoms with Gasteiger partial charge in [-0.3, -0.25) is 9.80 Å². The van der Waals surface area contributed by atoms with E-state index in [2.05, 4.69) is 33.6 Å². The van der Waals surface area contributed by atoms with Crippen molar-refractivity contribution in [2.24, 2.45) is 0 Å². The Morgan fingerprint density at radius 2 is 2.10 bits per heavy atom. The molecule has 0 unspecified atom stereocenters. The molecule has 3 rings (SSSR count). The van der Waals surface area contributed by atoms with Gasteiger partial charge in [0.05, 0.1) is 6.54 Å². The van der Waals surface area contributed by atoms with Crippen LogP contribution >= 0.6 is 11.3 Å². The summed E-state index contributed by atoms with van der Waals surface area (Å²) in [4.78, 5) is 4.91. The highest BCUT2D eigenvalue weighted by Gasteiger charge is 2.22. The number of hydrogen-bond acceptors (Lipinski definition) is 5. The van der Waals surface area contributed by atoms with Gasteiger partial charge in [0.25, 0.3) is 0 Å². The Bertz CT molecular complexity index is 606. The minimum absolute atomic E-state index is 0.398. The molecule has 1 saturated heterocycles. The molecule has 0 radical (unpaired) electrons. The van der Waals surface area contributed by atoms with Gasteiger partial charge in [-0.2, -0.15) is 16.6 Å². The van der Waals surface area contributed by atoms with Gasteiger partial charge in [-0.1, -0.05) is 0 Å². The molecule has 0 amide bonds. The van der Waals surface area contributed by atoms with E-state index >= 15 is 0 Å². The number of furan rings is 1. The van der Waals surface area contributed by atoms with Crippen molar-refractivity contribution in [3.05, 3.63) is 46.0 Å². The van der Waals surface area contributed by atoms with Crippen LogP contribution in [0.25, 0.3) is 0 Å². The van der Waals surface area contributed by atoms with Gasteiger partial charge >= 0.3 is 0 Å². The lowest BCUT2D eigenvalue weighted by atomic mass is 10.1. The van der Waals surface area contributed by atoms with Crippen molar-refractivity contribution in [2.45, 2.75) is 19.5 Å². The molecule has 0 spiro atoms. The van der Waals surface area contributed by atoms with E-state index in [1.807, 2.05) is 12.1 Å². The fourth-order valence-electron chi connectivity index (χ4n) is 2.78. The number of piperazine rings is 1. The predicted octanol–water partition coefficient (Wildman–Crippen LogP) is 3.09. The molecule has 0 saturated carbocycles. The molecular weight excluding hydrogens is 282 g/mol. The summed E-state index contributed by atoms with van der Waals surface area (Å²) in [5.41, 5.74) is 1.41. The predicted molar refractivity (Wildman–Crippen MR) is 83.0 cm³/mol. The second kappa shape index (κ2) is 6.44. The Balaban J connectivity index is 1.52. The van der Waals surface area contributed by atoms with Crippen LogP contribution in [0, 0.1) is 11.3 Å². The second-order valence-corrected chi connectivity index (χ2v) is 6.20. The number of rotatable bonds is 4. The van der Waals surface area contributed by atoms with Crippen molar-refractivity contribution in [1.29, 1.82) is 5.26 Å². The van der Waals surface area contributed by atoms with Gasteiger partial charge in [0.2, 0.25) is 5.76 Å². The number of nitrogens with zero attached hydrogens (tertiary/aromatic N) is 3. The fourth-order valence-corrected chi connectivity index (χ4v) is 3.52. The van der Waals surface area contributed by atoms with Gasteiger partial charge in [-0.25, -0.2) is 0 Å². The van der Waals surface area contributed by atoms with Crippen LogP contribution < -0.4 is 0 Å². The van der Waals surface area contributed by atoms with E-state index < -0.39 is 0 Å². The van der Waals surface area contributed by atoms with Crippen LogP contribution in [0.3, 0.4) is 0 Å². The Kier molecular flexibility index (Phi) is 4.39. The average molecular weight is 301 g/mol. The Morgan fingerprint density at radius 3 is 2.71 bits per heavy atom. The first kappa shape index (κ1) is 14.3. The van der Waals surface area contributed by atoms with Crippen molar-refractivity contribution in [2.75, 3.05) is 26.2 Å². The quantitative estimate of drug-likeness (QED) is 0.870. The van der Waals surface area contributed by atoms with Crippen molar-refractivity contribution in [3.8, 4) is 6.07 Å². The third-order valence-corrected chi connectivity index (χ3v) is 4.83. The molecule has 2 aromatic heterocycles. The molecule has 5 heteroatoms. The Morgan fingerprint density at radius 1 is 1.29 bits per heavy atom. The topological polar surface area (TPSA) is 43.4 Å². The zero-order chi connectivity index (χ0) is 14.7. The van der Waals surface area contributed by atoms with Crippen molar-refractivity contribution >= 4 is 11.3 Å². The summed E-state index contributed by atoms with van der Waals surface area (Å²) < 4.78 is 5.45. The summed E-state index contributed by atoms with van der Waals surface area (Å²) >= 11 is 1.76. The molecule has 1 atom stereocenters. The van der Waals surface area contributed by atoms with Gasteiger partial charge < -0.3 is 4.42 Å². The van der Waals surface area contributed by atoms with Gasteiger partial charge in [0.1, 0.15) is 11.8 Å². The molecule has 1 fully saturated rings. The summed E-state index contributed by atoms with van der Waals surface area (Å²) in [6, 6.07) is 8.38. The van der Waals surface area contributed by atoms with Gasteiger partial charge in [0, 0.05) is 32.2 Å². The highest BCUT2D eigenvalue weighted by atomic mass is 32.1. The van der Waals surface area contributed by atoms with E-state index in [1.54, 1.807) is 17.4 Å². The first-order chi connectivity index (χ1) is 10.3. The minimum atomic E-state index is 0.398. The van der Waals surface area contributed by atoms with Crippen LogP contribution in [0.5, 0.6) is 0 Å². The number of nitriles is 1. The lowest BCUT2D eigenvalue weighted by Gasteiger charge is -2.37. The number of hydrogen-bond donors (Lipinski definition) is 0. The van der Waals surface area contributed by atoms with Crippen LogP contribution in [0.4, 0.5) is 0 Å². The zero-order valence-electron chi connectivity index (χ0n) is 12.2. The third-order valence-electron chi connectivity index (χ3n) is 4.13. The molecule has 0 bridgehead atoms. The largest absolute Gasteiger partial charge is 0.449 e. The van der Waals surface area contributed by atoms with Crippen LogP contribution in [0.2, 0.25) is 0 Å². The first-order valence-corrected chi connectivity index (χ1v) is 8.18. The minimum Gasteiger partial charge on any atom is -0.449 e. The normalized spacial score (nSPS) is 18.5. The Hall–Kier alpha value is -1.61. The maximum Gasteiger partial charge on any atom is 0.203 e. The summed E-state index contributed by atoms with van der Waals surface area (Å²) in [6.45, 7) is 7.30. The van der Waals surface area contributed by atoms with Gasteiger partial charge in [0.15, 0.2) is 0 Å². The van der Waals surface area contributed by atoms with Crippen LogP contribution in [-0.4, -0.2) is 36.0 Å². The van der Waals surface area contributed by atoms with E-state index in [0.717, 1.165) is 38.5 Å². The molecule has 1 aliphatic rings. The Labute approximate surface area is 129 Å². The standard InChI is InChI=1S/C16H19N3OS/c1-13(14-4-9-21-12-14)19-7-5-18(6-8-19)11-16-3-2-15(10-17)20-16/h2-4,9,12-13H,5-8,11H2,1H3/t13-/m1/s1. The number of thiophene rings is 1. The third kappa shape index (κ3) is 3.35. The molecule has 0 aromatic carbocycles. The molecule has 0 aliphatic carbocycles. The molecule has 1 aliphatic heterocycles. The summed E-state index contributed by atoms with van der Waals surface area (Å²) in [5.74, 6) is 1.28. The van der Waals surface area contributed by atoms with Crippen molar-refractivity contribution in [1.82, 2.24) is 9.80 Å². The summed E-state index contributed by atoms with van der Waals surface area (Å²) in [5, 5.41) is 13.2. The molecule has 2 aromatic rings. The second-order valence-electron chi connectivity index (χ2n) is 5.42. The average Bonchev–Trinajstić information content (AvgIpc) is 3.19. The monoisotopic (exact) mass is 301 g/mol. The molecule has 21 heavy (non-hydrogen) atoms. The first-order valence-electron chi connectivity index (χ1n) is 7.23. The van der Waals surface area contributed by atoms with E-state index in [4.69, 9.17) is 9.68 Å². The maximum absolute atomic E-state index is 8.78. The SMILES string of the molecule is C[C@H](c1ccsc1)N1CCN(Cc2ccc(C#N)o2)CC1. The fraction of sp³-hybridized carbons (Fsp3) is 0.438. The maximum atomic E-state index is 8.78. The van der Waals surface area contributed by atoms with Crippen LogP contribution in [0.1, 0.15) is 30.0 Å². The van der Waals surface area contributed by atoms with Crippen LogP contribution in [0.15, 0.2) is 33.4 Å². The zero-order valence-corrected chi connectivity index (χ0v) is 13.0. The molecule has 0 N–H and O–H groups in total. The molecule has 3 heterocycles. The highest BCUT2D eigenvalue weighted by molar-refractivity contribution is 7.07. The molecule has 4 nitrogen and oxygen atoms in total. The molecular formula is C16H19N3OS. The van der Waals surface area contributed by atoms with Crippen molar-refractivity contribution in [3.63, 3.8) is 0 Å².